The third kappa shape index (κ3) is 2.88. The van der Waals surface area contributed by atoms with Crippen LogP contribution in [0.4, 0.5) is 17.1 Å². The lowest BCUT2D eigenvalue weighted by Crippen LogP contribution is -2.15. The summed E-state index contributed by atoms with van der Waals surface area (Å²) in [4.78, 5) is 12.2. The Morgan fingerprint density at radius 3 is 2.63 bits per heavy atom. The molecule has 0 aromatic heterocycles. The van der Waals surface area contributed by atoms with Gasteiger partial charge in [0.15, 0.2) is 0 Å². The van der Waals surface area contributed by atoms with Gasteiger partial charge in [0.05, 0.1) is 5.56 Å². The number of amides is 1. The van der Waals surface area contributed by atoms with Crippen molar-refractivity contribution in [1.82, 2.24) is 0 Å². The fraction of sp³-hybridized carbons (Fsp3) is 0.0714. The largest absolute Gasteiger partial charge is 0.399 e. The highest BCUT2D eigenvalue weighted by atomic mass is 79.9. The Morgan fingerprint density at radius 1 is 1.21 bits per heavy atom. The number of benzene rings is 2. The van der Waals surface area contributed by atoms with Crippen LogP contribution in [0.1, 0.15) is 15.9 Å². The molecule has 0 radical (unpaired) electrons. The third-order valence-electron chi connectivity index (χ3n) is 2.84. The lowest BCUT2D eigenvalue weighted by Gasteiger charge is -2.11. The van der Waals surface area contributed by atoms with Crippen LogP contribution in [0.25, 0.3) is 0 Å². The molecule has 0 fully saturated rings. The number of nitrogens with one attached hydrogen (secondary N) is 1. The summed E-state index contributed by atoms with van der Waals surface area (Å²) in [6, 6.07) is 10.5. The van der Waals surface area contributed by atoms with E-state index in [9.17, 15) is 4.79 Å². The van der Waals surface area contributed by atoms with Gasteiger partial charge in [0.25, 0.3) is 5.91 Å². The van der Waals surface area contributed by atoms with E-state index < -0.39 is 0 Å². The lowest BCUT2D eigenvalue weighted by atomic mass is 10.1. The quantitative estimate of drug-likeness (QED) is 0.743. The van der Waals surface area contributed by atoms with Crippen molar-refractivity contribution in [2.75, 3.05) is 16.8 Å². The summed E-state index contributed by atoms with van der Waals surface area (Å²) in [5.74, 6) is -0.251. The van der Waals surface area contributed by atoms with Crippen molar-refractivity contribution in [2.45, 2.75) is 6.92 Å². The van der Waals surface area contributed by atoms with Crippen LogP contribution in [-0.4, -0.2) is 5.91 Å². The normalized spacial score (nSPS) is 10.2. The van der Waals surface area contributed by atoms with Crippen molar-refractivity contribution >= 4 is 38.9 Å². The maximum Gasteiger partial charge on any atom is 0.257 e. The molecule has 98 valence electrons. The van der Waals surface area contributed by atoms with Crippen LogP contribution in [0.2, 0.25) is 0 Å². The number of hydrogen-bond acceptors (Lipinski definition) is 3. The number of hydrogen-bond donors (Lipinski definition) is 3. The van der Waals surface area contributed by atoms with E-state index in [0.717, 1.165) is 15.7 Å². The summed E-state index contributed by atoms with van der Waals surface area (Å²) in [5.41, 5.74) is 14.4. The highest BCUT2D eigenvalue weighted by Gasteiger charge is 2.11. The zero-order valence-corrected chi connectivity index (χ0v) is 12.0. The van der Waals surface area contributed by atoms with Crippen LogP contribution >= 0.6 is 15.9 Å². The molecule has 0 spiro atoms. The fourth-order valence-corrected chi connectivity index (χ4v) is 2.09. The van der Waals surface area contributed by atoms with Crippen LogP contribution in [0, 0.1) is 6.92 Å². The topological polar surface area (TPSA) is 81.1 Å². The van der Waals surface area contributed by atoms with Gasteiger partial charge in [0.2, 0.25) is 0 Å². The Labute approximate surface area is 119 Å². The second-order valence-electron chi connectivity index (χ2n) is 4.21. The Kier molecular flexibility index (Phi) is 3.76. The molecule has 0 unspecified atom stereocenters. The van der Waals surface area contributed by atoms with Crippen LogP contribution < -0.4 is 16.8 Å². The Hall–Kier alpha value is -2.01. The van der Waals surface area contributed by atoms with E-state index in [4.69, 9.17) is 11.5 Å². The number of nitrogens with two attached hydrogens (primary N) is 2. The van der Waals surface area contributed by atoms with Gasteiger partial charge in [-0.05, 0) is 42.8 Å². The molecule has 0 saturated carbocycles. The predicted octanol–water partition coefficient (Wildman–Crippen LogP) is 3.17. The molecule has 0 aliphatic carbocycles. The van der Waals surface area contributed by atoms with Gasteiger partial charge < -0.3 is 16.8 Å². The molecule has 1 amide bonds. The predicted molar refractivity (Wildman–Crippen MR) is 82.1 cm³/mol. The summed E-state index contributed by atoms with van der Waals surface area (Å²) >= 11 is 3.42. The van der Waals surface area contributed by atoms with Crippen LogP contribution in [0.5, 0.6) is 0 Å². The smallest absolute Gasteiger partial charge is 0.257 e. The Bertz CT molecular complexity index is 641. The van der Waals surface area contributed by atoms with Gasteiger partial charge in [0.1, 0.15) is 0 Å². The number of rotatable bonds is 2. The summed E-state index contributed by atoms with van der Waals surface area (Å²) < 4.78 is 0.940. The minimum Gasteiger partial charge on any atom is -0.399 e. The molecule has 5 heteroatoms. The number of carbonyl (C=O) groups is 1. The van der Waals surface area contributed by atoms with E-state index in [-0.39, 0.29) is 5.91 Å². The van der Waals surface area contributed by atoms with E-state index in [1.54, 1.807) is 18.2 Å². The van der Waals surface area contributed by atoms with Gasteiger partial charge in [-0.1, -0.05) is 22.0 Å². The first-order chi connectivity index (χ1) is 8.99. The van der Waals surface area contributed by atoms with Crippen LogP contribution in [-0.2, 0) is 0 Å². The molecule has 0 saturated heterocycles. The molecule has 2 rings (SSSR count). The summed E-state index contributed by atoms with van der Waals surface area (Å²) in [6.45, 7) is 1.92. The third-order valence-corrected chi connectivity index (χ3v) is 3.70. The number of nitrogen functional groups attached to an aromatic ring is 2. The van der Waals surface area contributed by atoms with Crippen LogP contribution in [0.15, 0.2) is 40.9 Å². The van der Waals surface area contributed by atoms with Crippen molar-refractivity contribution in [3.63, 3.8) is 0 Å². The molecular weight excluding hydrogens is 306 g/mol. The maximum absolute atomic E-state index is 12.2. The molecule has 0 atom stereocenters. The number of carbonyl (C=O) groups excluding carboxylic acids is 1. The first-order valence-corrected chi connectivity index (χ1v) is 6.50. The van der Waals surface area contributed by atoms with Crippen molar-refractivity contribution in [3.05, 3.63) is 52.0 Å². The molecule has 0 aliphatic heterocycles. The Balaban J connectivity index is 2.28. The molecule has 2 aromatic carbocycles. The monoisotopic (exact) mass is 319 g/mol. The first-order valence-electron chi connectivity index (χ1n) is 5.70. The first kappa shape index (κ1) is 13.4. The highest BCUT2D eigenvalue weighted by molar-refractivity contribution is 9.10. The highest BCUT2D eigenvalue weighted by Crippen LogP contribution is 2.25. The fourth-order valence-electron chi connectivity index (χ4n) is 1.72. The minimum absolute atomic E-state index is 0.251. The second-order valence-corrected chi connectivity index (χ2v) is 5.07. The molecule has 0 bridgehead atoms. The maximum atomic E-state index is 12.2. The SMILES string of the molecule is Cc1c(Br)cccc1NC(=O)c1ccc(N)cc1N. The van der Waals surface area contributed by atoms with Gasteiger partial charge in [-0.2, -0.15) is 0 Å². The van der Waals surface area contributed by atoms with E-state index in [1.165, 1.54) is 0 Å². The summed E-state index contributed by atoms with van der Waals surface area (Å²) in [7, 11) is 0. The van der Waals surface area contributed by atoms with Crippen molar-refractivity contribution in [2.24, 2.45) is 0 Å². The zero-order valence-electron chi connectivity index (χ0n) is 10.4. The van der Waals surface area contributed by atoms with Gasteiger partial charge in [0, 0.05) is 21.5 Å². The average Bonchev–Trinajstić information content (AvgIpc) is 2.34. The second kappa shape index (κ2) is 5.32. The minimum atomic E-state index is -0.251. The van der Waals surface area contributed by atoms with Gasteiger partial charge in [-0.15, -0.1) is 0 Å². The lowest BCUT2D eigenvalue weighted by molar-refractivity contribution is 0.102. The van der Waals surface area contributed by atoms with E-state index in [0.29, 0.717) is 16.9 Å². The average molecular weight is 320 g/mol. The molecule has 2 aromatic rings. The molecule has 0 heterocycles. The van der Waals surface area contributed by atoms with E-state index in [2.05, 4.69) is 21.2 Å². The zero-order chi connectivity index (χ0) is 14.0. The Morgan fingerprint density at radius 2 is 1.95 bits per heavy atom. The molecular formula is C14H14BrN3O. The number of halogens is 1. The molecule has 0 aliphatic rings. The van der Waals surface area contributed by atoms with Crippen molar-refractivity contribution in [1.29, 1.82) is 0 Å². The van der Waals surface area contributed by atoms with Gasteiger partial charge in [-0.25, -0.2) is 0 Å². The molecule has 4 nitrogen and oxygen atoms in total. The van der Waals surface area contributed by atoms with Crippen molar-refractivity contribution < 1.29 is 4.79 Å². The van der Waals surface area contributed by atoms with Gasteiger partial charge in [-0.3, -0.25) is 4.79 Å². The van der Waals surface area contributed by atoms with Crippen LogP contribution in [0.3, 0.4) is 0 Å². The molecule has 5 N–H and O–H groups in total. The van der Waals surface area contributed by atoms with Gasteiger partial charge >= 0.3 is 0 Å². The van der Waals surface area contributed by atoms with E-state index >= 15 is 0 Å². The number of anilines is 3. The standard InChI is InChI=1S/C14H14BrN3O/c1-8-11(15)3-2-4-13(8)18-14(19)10-6-5-9(16)7-12(10)17/h2-7H,16-17H2,1H3,(H,18,19). The van der Waals surface area contributed by atoms with Crippen molar-refractivity contribution in [3.8, 4) is 0 Å². The summed E-state index contributed by atoms with van der Waals surface area (Å²) in [6.07, 6.45) is 0. The molecule has 19 heavy (non-hydrogen) atoms. The summed E-state index contributed by atoms with van der Waals surface area (Å²) in [5, 5.41) is 2.84. The van der Waals surface area contributed by atoms with E-state index in [1.807, 2.05) is 25.1 Å².